The molecule has 1 saturated carbocycles. The van der Waals surface area contributed by atoms with E-state index in [0.29, 0.717) is 0 Å². The average Bonchev–Trinajstić information content (AvgIpc) is 3.15. The minimum atomic E-state index is -2.87. The molecule has 34 heavy (non-hydrogen) atoms. The van der Waals surface area contributed by atoms with E-state index in [-0.39, 0.29) is 29.4 Å². The van der Waals surface area contributed by atoms with Crippen molar-refractivity contribution in [2.24, 2.45) is 0 Å². The van der Waals surface area contributed by atoms with Gasteiger partial charge in [0.1, 0.15) is 25.0 Å². The van der Waals surface area contributed by atoms with Gasteiger partial charge in [-0.3, -0.25) is 19.4 Å². The molecular weight excluding hydrogens is 475 g/mol. The highest BCUT2D eigenvalue weighted by Crippen LogP contribution is 2.39. The Kier molecular flexibility index (Phi) is 6.70. The molecule has 1 heterocycles. The van der Waals surface area contributed by atoms with E-state index in [9.17, 15) is 27.6 Å². The van der Waals surface area contributed by atoms with E-state index in [4.69, 9.17) is 16.3 Å². The molecule has 0 bridgehead atoms. The highest BCUT2D eigenvalue weighted by atomic mass is 35.5. The molecule has 7 nitrogen and oxygen atoms in total. The summed E-state index contributed by atoms with van der Waals surface area (Å²) in [6, 6.07) is 9.10. The number of nitrogens with one attached hydrogen (secondary N) is 1. The number of halogens is 4. The first-order valence-corrected chi connectivity index (χ1v) is 10.9. The van der Waals surface area contributed by atoms with Crippen LogP contribution < -0.4 is 10.2 Å². The zero-order chi connectivity index (χ0) is 24.5. The predicted molar refractivity (Wildman–Crippen MR) is 117 cm³/mol. The maximum atomic E-state index is 14.1. The number of ether oxygens (including phenoxy) is 1. The van der Waals surface area contributed by atoms with Gasteiger partial charge in [-0.15, -0.1) is 0 Å². The maximum absolute atomic E-state index is 14.1. The number of benzene rings is 2. The summed E-state index contributed by atoms with van der Waals surface area (Å²) in [5.74, 6) is -4.99. The number of hydrogen-bond acceptors (Lipinski definition) is 4. The maximum Gasteiger partial charge on any atom is 0.410 e. The van der Waals surface area contributed by atoms with E-state index >= 15 is 0 Å². The van der Waals surface area contributed by atoms with Gasteiger partial charge in [0.2, 0.25) is 11.8 Å². The summed E-state index contributed by atoms with van der Waals surface area (Å²) in [5, 5.41) is 2.70. The molecule has 11 heteroatoms. The quantitative estimate of drug-likeness (QED) is 0.631. The van der Waals surface area contributed by atoms with Crippen molar-refractivity contribution < 1.29 is 32.3 Å². The van der Waals surface area contributed by atoms with Crippen molar-refractivity contribution in [3.8, 4) is 0 Å². The molecule has 1 aliphatic heterocycles. The Balaban J connectivity index is 1.73. The fourth-order valence-electron chi connectivity index (χ4n) is 4.01. The molecule has 0 radical (unpaired) electrons. The van der Waals surface area contributed by atoms with E-state index in [1.807, 2.05) is 0 Å². The molecule has 0 aromatic heterocycles. The van der Waals surface area contributed by atoms with Gasteiger partial charge >= 0.3 is 6.09 Å². The first-order chi connectivity index (χ1) is 16.1. The SMILES string of the molecule is O=C(NC1CC(F)(F)C1)C(c1ccccc1Cl)N(C(=O)CN1CCOC1=O)c1cccc(F)c1. The molecule has 1 unspecified atom stereocenters. The third-order valence-corrected chi connectivity index (χ3v) is 6.01. The Morgan fingerprint density at radius 2 is 1.94 bits per heavy atom. The number of cyclic esters (lactones) is 1. The van der Waals surface area contributed by atoms with Crippen LogP contribution in [0.2, 0.25) is 5.02 Å². The number of alkyl halides is 2. The van der Waals surface area contributed by atoms with Gasteiger partial charge in [0.15, 0.2) is 0 Å². The lowest BCUT2D eigenvalue weighted by molar-refractivity contribution is -0.132. The van der Waals surface area contributed by atoms with Gasteiger partial charge in [-0.2, -0.15) is 0 Å². The summed E-state index contributed by atoms with van der Waals surface area (Å²) >= 11 is 6.36. The standard InChI is InChI=1S/C23H21ClF3N3O4/c24-18-7-2-1-6-17(18)20(21(32)28-15-11-23(26,27)12-15)30(16-5-3-4-14(25)10-16)19(31)13-29-8-9-34-22(29)33/h1-7,10,15,20H,8-9,11-13H2,(H,28,32). The summed E-state index contributed by atoms with van der Waals surface area (Å²) in [7, 11) is 0. The van der Waals surface area contributed by atoms with Gasteiger partial charge in [-0.25, -0.2) is 18.0 Å². The van der Waals surface area contributed by atoms with Crippen molar-refractivity contribution in [1.82, 2.24) is 10.2 Å². The van der Waals surface area contributed by atoms with Crippen LogP contribution in [-0.2, 0) is 14.3 Å². The van der Waals surface area contributed by atoms with Crippen molar-refractivity contribution in [2.75, 3.05) is 24.6 Å². The van der Waals surface area contributed by atoms with E-state index < -0.39 is 61.1 Å². The highest BCUT2D eigenvalue weighted by Gasteiger charge is 2.47. The Morgan fingerprint density at radius 1 is 1.21 bits per heavy atom. The lowest BCUT2D eigenvalue weighted by Gasteiger charge is -2.38. The van der Waals surface area contributed by atoms with Crippen LogP contribution in [0.15, 0.2) is 48.5 Å². The molecule has 2 aromatic carbocycles. The second kappa shape index (κ2) is 9.54. The van der Waals surface area contributed by atoms with Gasteiger partial charge in [0, 0.05) is 35.2 Å². The molecule has 0 spiro atoms. The monoisotopic (exact) mass is 495 g/mol. The van der Waals surface area contributed by atoms with Gasteiger partial charge in [0.05, 0.1) is 6.54 Å². The zero-order valence-corrected chi connectivity index (χ0v) is 18.6. The number of hydrogen-bond donors (Lipinski definition) is 1. The van der Waals surface area contributed by atoms with Crippen LogP contribution in [-0.4, -0.2) is 54.5 Å². The first kappa shape index (κ1) is 23.9. The topological polar surface area (TPSA) is 79.0 Å². The van der Waals surface area contributed by atoms with Crippen molar-refractivity contribution in [3.05, 3.63) is 64.9 Å². The predicted octanol–water partition coefficient (Wildman–Crippen LogP) is 3.92. The van der Waals surface area contributed by atoms with Crippen molar-refractivity contribution in [1.29, 1.82) is 0 Å². The van der Waals surface area contributed by atoms with Crippen LogP contribution in [0.1, 0.15) is 24.4 Å². The van der Waals surface area contributed by atoms with Gasteiger partial charge in [0.25, 0.3) is 5.92 Å². The molecule has 4 rings (SSSR count). The van der Waals surface area contributed by atoms with Crippen LogP contribution in [0, 0.1) is 5.82 Å². The molecule has 3 amide bonds. The molecule has 2 fully saturated rings. The van der Waals surface area contributed by atoms with Gasteiger partial charge in [-0.05, 0) is 24.3 Å². The molecule has 180 valence electrons. The molecule has 1 aliphatic carbocycles. The van der Waals surface area contributed by atoms with Crippen LogP contribution in [0.4, 0.5) is 23.7 Å². The Labute approximate surface area is 198 Å². The Morgan fingerprint density at radius 3 is 2.56 bits per heavy atom. The van der Waals surface area contributed by atoms with Crippen LogP contribution in [0.25, 0.3) is 0 Å². The smallest absolute Gasteiger partial charge is 0.410 e. The van der Waals surface area contributed by atoms with Crippen molar-refractivity contribution in [2.45, 2.75) is 30.8 Å². The van der Waals surface area contributed by atoms with E-state index in [1.54, 1.807) is 12.1 Å². The molecule has 2 aromatic rings. The minimum absolute atomic E-state index is 0.0385. The summed E-state index contributed by atoms with van der Waals surface area (Å²) in [6.07, 6.45) is -1.74. The summed E-state index contributed by atoms with van der Waals surface area (Å²) in [6.45, 7) is -0.164. The number of nitrogens with zero attached hydrogens (tertiary/aromatic N) is 2. The third kappa shape index (κ3) is 5.11. The fraction of sp³-hybridized carbons (Fsp3) is 0.348. The summed E-state index contributed by atoms with van der Waals surface area (Å²) < 4.78 is 45.7. The van der Waals surface area contributed by atoms with Gasteiger partial charge < -0.3 is 10.1 Å². The number of amides is 3. The lowest BCUT2D eigenvalue weighted by atomic mass is 9.87. The molecule has 1 N–H and O–H groups in total. The fourth-order valence-corrected chi connectivity index (χ4v) is 4.25. The van der Waals surface area contributed by atoms with Crippen LogP contribution in [0.3, 0.4) is 0 Å². The molecule has 1 atom stereocenters. The largest absolute Gasteiger partial charge is 0.448 e. The van der Waals surface area contributed by atoms with E-state index in [0.717, 1.165) is 15.9 Å². The van der Waals surface area contributed by atoms with E-state index in [1.165, 1.54) is 30.3 Å². The second-order valence-electron chi connectivity index (χ2n) is 8.17. The average molecular weight is 496 g/mol. The zero-order valence-electron chi connectivity index (χ0n) is 17.8. The molecular formula is C23H21ClF3N3O4. The van der Waals surface area contributed by atoms with Crippen molar-refractivity contribution >= 4 is 35.2 Å². The Hall–Kier alpha value is -3.27. The minimum Gasteiger partial charge on any atom is -0.448 e. The summed E-state index contributed by atoms with van der Waals surface area (Å²) in [5.41, 5.74) is 0.255. The third-order valence-electron chi connectivity index (χ3n) is 5.67. The summed E-state index contributed by atoms with van der Waals surface area (Å²) in [4.78, 5) is 41.0. The lowest BCUT2D eigenvalue weighted by Crippen LogP contribution is -2.54. The Bertz CT molecular complexity index is 1110. The normalized spacial score (nSPS) is 18.1. The highest BCUT2D eigenvalue weighted by molar-refractivity contribution is 6.31. The number of carbonyl (C=O) groups excluding carboxylic acids is 3. The van der Waals surface area contributed by atoms with Crippen LogP contribution in [0.5, 0.6) is 0 Å². The second-order valence-corrected chi connectivity index (χ2v) is 8.58. The molecule has 2 aliphatic rings. The van der Waals surface area contributed by atoms with E-state index in [2.05, 4.69) is 5.32 Å². The van der Waals surface area contributed by atoms with Crippen molar-refractivity contribution in [3.63, 3.8) is 0 Å². The van der Waals surface area contributed by atoms with Crippen LogP contribution >= 0.6 is 11.6 Å². The number of rotatable bonds is 7. The van der Waals surface area contributed by atoms with Gasteiger partial charge in [-0.1, -0.05) is 35.9 Å². The number of anilines is 1. The number of carbonyl (C=O) groups is 3. The molecule has 1 saturated heterocycles. The first-order valence-electron chi connectivity index (χ1n) is 10.6.